The Morgan fingerprint density at radius 2 is 1.69 bits per heavy atom. The molecule has 1 aliphatic carbocycles. The topological polar surface area (TPSA) is 53.4 Å². The highest BCUT2D eigenvalue weighted by atomic mass is 16.2. The SMILES string of the molecule is Cc1ccc(-n2nc(C)c(NC(=O)CN3CCN(C4CCCC4)CC3)c2C)cc1. The molecule has 6 nitrogen and oxygen atoms in total. The van der Waals surface area contributed by atoms with Crippen molar-refractivity contribution < 1.29 is 4.79 Å². The quantitative estimate of drug-likeness (QED) is 0.844. The normalized spacial score (nSPS) is 19.0. The van der Waals surface area contributed by atoms with E-state index < -0.39 is 0 Å². The van der Waals surface area contributed by atoms with Crippen LogP contribution < -0.4 is 5.32 Å². The van der Waals surface area contributed by atoms with Crippen LogP contribution >= 0.6 is 0 Å². The minimum absolute atomic E-state index is 0.0500. The van der Waals surface area contributed by atoms with Crippen LogP contribution in [0.25, 0.3) is 5.69 Å². The molecule has 1 aromatic carbocycles. The summed E-state index contributed by atoms with van der Waals surface area (Å²) in [5.41, 5.74) is 4.88. The highest BCUT2D eigenvalue weighted by molar-refractivity contribution is 5.93. The molecule has 2 aliphatic rings. The second kappa shape index (κ2) is 8.67. The fourth-order valence-electron chi connectivity index (χ4n) is 4.70. The van der Waals surface area contributed by atoms with E-state index in [-0.39, 0.29) is 5.91 Å². The molecule has 1 saturated heterocycles. The average Bonchev–Trinajstić information content (AvgIpc) is 3.34. The molecule has 1 amide bonds. The summed E-state index contributed by atoms with van der Waals surface area (Å²) in [5, 5.41) is 7.76. The van der Waals surface area contributed by atoms with E-state index in [4.69, 9.17) is 0 Å². The number of nitrogens with zero attached hydrogens (tertiary/aromatic N) is 4. The van der Waals surface area contributed by atoms with Crippen molar-refractivity contribution in [2.75, 3.05) is 38.0 Å². The zero-order valence-corrected chi connectivity index (χ0v) is 17.9. The van der Waals surface area contributed by atoms with Crippen LogP contribution in [0.2, 0.25) is 0 Å². The lowest BCUT2D eigenvalue weighted by Gasteiger charge is -2.37. The molecule has 0 bridgehead atoms. The van der Waals surface area contributed by atoms with E-state index >= 15 is 0 Å². The molecule has 156 valence electrons. The first-order chi connectivity index (χ1) is 14.0. The summed E-state index contributed by atoms with van der Waals surface area (Å²) in [6.07, 6.45) is 5.46. The van der Waals surface area contributed by atoms with Crippen molar-refractivity contribution >= 4 is 11.6 Å². The summed E-state index contributed by atoms with van der Waals surface area (Å²) in [4.78, 5) is 17.6. The van der Waals surface area contributed by atoms with Crippen molar-refractivity contribution in [1.29, 1.82) is 0 Å². The zero-order valence-electron chi connectivity index (χ0n) is 17.9. The van der Waals surface area contributed by atoms with E-state index in [0.717, 1.165) is 55.0 Å². The molecule has 2 aromatic rings. The van der Waals surface area contributed by atoms with Gasteiger partial charge in [-0.3, -0.25) is 14.6 Å². The van der Waals surface area contributed by atoms with Crippen LogP contribution in [0.3, 0.4) is 0 Å². The van der Waals surface area contributed by atoms with Gasteiger partial charge in [0.25, 0.3) is 0 Å². The number of carbonyl (C=O) groups is 1. The van der Waals surface area contributed by atoms with Crippen molar-refractivity contribution in [1.82, 2.24) is 19.6 Å². The predicted molar refractivity (Wildman–Crippen MR) is 117 cm³/mol. The van der Waals surface area contributed by atoms with Crippen molar-refractivity contribution in [2.24, 2.45) is 0 Å². The van der Waals surface area contributed by atoms with E-state index in [1.807, 2.05) is 18.5 Å². The lowest BCUT2D eigenvalue weighted by atomic mass is 10.2. The van der Waals surface area contributed by atoms with Gasteiger partial charge in [0.15, 0.2) is 0 Å². The standard InChI is InChI=1S/C23H33N5O/c1-17-8-10-21(11-9-17)28-19(3)23(18(2)25-28)24-22(29)16-26-12-14-27(15-13-26)20-6-4-5-7-20/h8-11,20H,4-7,12-16H2,1-3H3,(H,24,29). The maximum Gasteiger partial charge on any atom is 0.238 e. The Bertz CT molecular complexity index is 843. The van der Waals surface area contributed by atoms with Crippen LogP contribution in [0, 0.1) is 20.8 Å². The second-order valence-corrected chi connectivity index (χ2v) is 8.59. The first-order valence-electron chi connectivity index (χ1n) is 10.9. The molecule has 1 aliphatic heterocycles. The Morgan fingerprint density at radius 3 is 2.34 bits per heavy atom. The number of hydrogen-bond acceptors (Lipinski definition) is 4. The van der Waals surface area contributed by atoms with Crippen LogP contribution in [0.15, 0.2) is 24.3 Å². The van der Waals surface area contributed by atoms with Gasteiger partial charge in [0.05, 0.1) is 29.3 Å². The molecule has 29 heavy (non-hydrogen) atoms. The molecule has 1 saturated carbocycles. The maximum atomic E-state index is 12.7. The molecule has 0 radical (unpaired) electrons. The number of piperazine rings is 1. The molecule has 6 heteroatoms. The van der Waals surface area contributed by atoms with Gasteiger partial charge < -0.3 is 5.32 Å². The summed E-state index contributed by atoms with van der Waals surface area (Å²) in [5.74, 6) is 0.0500. The molecule has 4 rings (SSSR count). The molecule has 0 atom stereocenters. The van der Waals surface area contributed by atoms with Gasteiger partial charge in [-0.1, -0.05) is 30.5 Å². The first-order valence-corrected chi connectivity index (χ1v) is 10.9. The number of carbonyl (C=O) groups excluding carboxylic acids is 1. The van der Waals surface area contributed by atoms with Crippen molar-refractivity contribution in [2.45, 2.75) is 52.5 Å². The van der Waals surface area contributed by atoms with Gasteiger partial charge in [0, 0.05) is 32.2 Å². The third-order valence-electron chi connectivity index (χ3n) is 6.45. The third-order valence-corrected chi connectivity index (χ3v) is 6.45. The molecule has 1 N–H and O–H groups in total. The Balaban J connectivity index is 1.34. The monoisotopic (exact) mass is 395 g/mol. The molecule has 0 unspecified atom stereocenters. The number of nitrogens with one attached hydrogen (secondary N) is 1. The van der Waals surface area contributed by atoms with Gasteiger partial charge >= 0.3 is 0 Å². The summed E-state index contributed by atoms with van der Waals surface area (Å²) in [6, 6.07) is 9.06. The summed E-state index contributed by atoms with van der Waals surface area (Å²) >= 11 is 0. The van der Waals surface area contributed by atoms with Crippen LogP contribution in [0.5, 0.6) is 0 Å². The Labute approximate surface area is 173 Å². The molecule has 2 fully saturated rings. The minimum Gasteiger partial charge on any atom is -0.322 e. The third kappa shape index (κ3) is 4.54. The fourth-order valence-corrected chi connectivity index (χ4v) is 4.70. The number of amides is 1. The molecular formula is C23H33N5O. The average molecular weight is 396 g/mol. The number of aryl methyl sites for hydroxylation is 2. The van der Waals surface area contributed by atoms with E-state index in [1.54, 1.807) is 0 Å². The minimum atomic E-state index is 0.0500. The van der Waals surface area contributed by atoms with Crippen LogP contribution in [-0.4, -0.2) is 64.3 Å². The highest BCUT2D eigenvalue weighted by Gasteiger charge is 2.27. The van der Waals surface area contributed by atoms with Gasteiger partial charge in [-0.2, -0.15) is 5.10 Å². The number of benzene rings is 1. The van der Waals surface area contributed by atoms with Crippen LogP contribution in [0.4, 0.5) is 5.69 Å². The first kappa shape index (κ1) is 20.1. The van der Waals surface area contributed by atoms with E-state index in [2.05, 4.69) is 51.4 Å². The Hall–Kier alpha value is -2.18. The van der Waals surface area contributed by atoms with Crippen molar-refractivity contribution in [3.63, 3.8) is 0 Å². The maximum absolute atomic E-state index is 12.7. The van der Waals surface area contributed by atoms with E-state index in [9.17, 15) is 4.79 Å². The predicted octanol–water partition coefficient (Wildman–Crippen LogP) is 3.30. The number of anilines is 1. The van der Waals surface area contributed by atoms with Gasteiger partial charge in [0.1, 0.15) is 0 Å². The molecule has 1 aromatic heterocycles. The number of rotatable bonds is 5. The van der Waals surface area contributed by atoms with Gasteiger partial charge in [-0.15, -0.1) is 0 Å². The lowest BCUT2D eigenvalue weighted by Crippen LogP contribution is -2.51. The van der Waals surface area contributed by atoms with Gasteiger partial charge in [-0.05, 0) is 45.7 Å². The molecule has 2 heterocycles. The Kier molecular flexibility index (Phi) is 6.01. The van der Waals surface area contributed by atoms with Crippen LogP contribution in [0.1, 0.15) is 42.6 Å². The largest absolute Gasteiger partial charge is 0.322 e. The van der Waals surface area contributed by atoms with Gasteiger partial charge in [0.2, 0.25) is 5.91 Å². The zero-order chi connectivity index (χ0) is 20.4. The summed E-state index contributed by atoms with van der Waals surface area (Å²) < 4.78 is 1.91. The number of hydrogen-bond donors (Lipinski definition) is 1. The van der Waals surface area contributed by atoms with Crippen LogP contribution in [-0.2, 0) is 4.79 Å². The summed E-state index contributed by atoms with van der Waals surface area (Å²) in [6.45, 7) is 10.6. The van der Waals surface area contributed by atoms with Crippen molar-refractivity contribution in [3.8, 4) is 5.69 Å². The van der Waals surface area contributed by atoms with Gasteiger partial charge in [-0.25, -0.2) is 4.68 Å². The molecule has 0 spiro atoms. The van der Waals surface area contributed by atoms with E-state index in [1.165, 1.54) is 31.2 Å². The lowest BCUT2D eigenvalue weighted by molar-refractivity contribution is -0.117. The summed E-state index contributed by atoms with van der Waals surface area (Å²) in [7, 11) is 0. The number of aromatic nitrogens is 2. The second-order valence-electron chi connectivity index (χ2n) is 8.59. The smallest absolute Gasteiger partial charge is 0.238 e. The Morgan fingerprint density at radius 1 is 1.03 bits per heavy atom. The van der Waals surface area contributed by atoms with Crippen molar-refractivity contribution in [3.05, 3.63) is 41.2 Å². The van der Waals surface area contributed by atoms with E-state index in [0.29, 0.717) is 6.54 Å². The molecular weight excluding hydrogens is 362 g/mol. The highest BCUT2D eigenvalue weighted by Crippen LogP contribution is 2.25. The fraction of sp³-hybridized carbons (Fsp3) is 0.565.